The van der Waals surface area contributed by atoms with Crippen LogP contribution in [-0.4, -0.2) is 57.5 Å². The molecule has 1 heterocycles. The van der Waals surface area contributed by atoms with Crippen LogP contribution >= 0.6 is 0 Å². The second kappa shape index (κ2) is 6.57. The Hall–Kier alpha value is -0.130. The molecule has 1 aliphatic heterocycles. The molecule has 0 spiro atoms. The van der Waals surface area contributed by atoms with Crippen LogP contribution in [0, 0.1) is 0 Å². The lowest BCUT2D eigenvalue weighted by Crippen LogP contribution is -2.43. The molecule has 0 bridgehead atoms. The average molecular weight is 248 g/mol. The smallest absolute Gasteiger partial charge is 0.148 e. The van der Waals surface area contributed by atoms with Gasteiger partial charge in [-0.25, -0.2) is 8.42 Å². The third-order valence-electron chi connectivity index (χ3n) is 3.03. The van der Waals surface area contributed by atoms with Crippen molar-refractivity contribution in [1.82, 2.24) is 10.2 Å². The van der Waals surface area contributed by atoms with Gasteiger partial charge >= 0.3 is 0 Å². The van der Waals surface area contributed by atoms with Crippen molar-refractivity contribution in [3.05, 3.63) is 0 Å². The molecule has 5 heteroatoms. The van der Waals surface area contributed by atoms with Gasteiger partial charge < -0.3 is 10.2 Å². The van der Waals surface area contributed by atoms with E-state index in [9.17, 15) is 8.42 Å². The van der Waals surface area contributed by atoms with Gasteiger partial charge in [-0.15, -0.1) is 0 Å². The van der Waals surface area contributed by atoms with E-state index in [1.165, 1.54) is 19.2 Å². The van der Waals surface area contributed by atoms with Crippen LogP contribution in [0.15, 0.2) is 0 Å². The summed E-state index contributed by atoms with van der Waals surface area (Å²) in [6.45, 7) is 6.28. The van der Waals surface area contributed by atoms with Crippen molar-refractivity contribution in [2.75, 3.05) is 38.2 Å². The summed E-state index contributed by atoms with van der Waals surface area (Å²) in [5.41, 5.74) is 0. The molecular formula is C11H24N2O2S. The molecule has 1 fully saturated rings. The Labute approximate surface area is 99.3 Å². The zero-order chi connectivity index (χ0) is 12.0. The molecule has 0 aromatic carbocycles. The molecule has 1 rings (SSSR count). The van der Waals surface area contributed by atoms with E-state index in [0.29, 0.717) is 12.6 Å². The highest BCUT2D eigenvalue weighted by atomic mass is 32.2. The highest BCUT2D eigenvalue weighted by Crippen LogP contribution is 2.10. The standard InChI is InChI=1S/C11H24N2O2S/c1-3-7-13-8-4-11(5-9-13)12-6-10-16(2,14)15/h11-12H,3-10H2,1-2H3. The van der Waals surface area contributed by atoms with Crippen molar-refractivity contribution in [3.63, 3.8) is 0 Å². The van der Waals surface area contributed by atoms with E-state index in [1.54, 1.807) is 0 Å². The largest absolute Gasteiger partial charge is 0.313 e. The van der Waals surface area contributed by atoms with Crippen molar-refractivity contribution < 1.29 is 8.42 Å². The molecule has 96 valence electrons. The molecule has 4 nitrogen and oxygen atoms in total. The van der Waals surface area contributed by atoms with Gasteiger partial charge in [0.05, 0.1) is 5.75 Å². The van der Waals surface area contributed by atoms with Gasteiger partial charge in [0.1, 0.15) is 9.84 Å². The summed E-state index contributed by atoms with van der Waals surface area (Å²) >= 11 is 0. The number of rotatable bonds is 6. The summed E-state index contributed by atoms with van der Waals surface area (Å²) in [6.07, 6.45) is 4.79. The molecule has 0 aliphatic carbocycles. The number of hydrogen-bond donors (Lipinski definition) is 1. The van der Waals surface area contributed by atoms with Crippen molar-refractivity contribution in [3.8, 4) is 0 Å². The molecule has 0 aromatic heterocycles. The van der Waals surface area contributed by atoms with E-state index in [0.717, 1.165) is 25.9 Å². The van der Waals surface area contributed by atoms with E-state index < -0.39 is 9.84 Å². The van der Waals surface area contributed by atoms with Crippen LogP contribution < -0.4 is 5.32 Å². The molecular weight excluding hydrogens is 224 g/mol. The Bertz CT molecular complexity index is 282. The van der Waals surface area contributed by atoms with E-state index in [4.69, 9.17) is 0 Å². The molecule has 0 amide bonds. The Morgan fingerprint density at radius 3 is 2.44 bits per heavy atom. The maximum absolute atomic E-state index is 11.0. The van der Waals surface area contributed by atoms with Crippen molar-refractivity contribution in [2.24, 2.45) is 0 Å². The summed E-state index contributed by atoms with van der Waals surface area (Å²) in [5.74, 6) is 0.252. The van der Waals surface area contributed by atoms with Crippen molar-refractivity contribution >= 4 is 9.84 Å². The first-order chi connectivity index (χ1) is 7.51. The Morgan fingerprint density at radius 1 is 1.31 bits per heavy atom. The van der Waals surface area contributed by atoms with Crippen LogP contribution in [0.25, 0.3) is 0 Å². The highest BCUT2D eigenvalue weighted by Gasteiger charge is 2.17. The molecule has 0 aromatic rings. The fraction of sp³-hybridized carbons (Fsp3) is 1.00. The molecule has 0 unspecified atom stereocenters. The lowest BCUT2D eigenvalue weighted by atomic mass is 10.1. The Morgan fingerprint density at radius 2 is 1.94 bits per heavy atom. The van der Waals surface area contributed by atoms with Gasteiger partial charge in [0, 0.05) is 18.8 Å². The molecule has 16 heavy (non-hydrogen) atoms. The van der Waals surface area contributed by atoms with Crippen LogP contribution in [-0.2, 0) is 9.84 Å². The second-order valence-electron chi connectivity index (χ2n) is 4.70. The van der Waals surface area contributed by atoms with Crippen LogP contribution in [0.1, 0.15) is 26.2 Å². The minimum absolute atomic E-state index is 0.252. The summed E-state index contributed by atoms with van der Waals surface area (Å²) in [5, 5.41) is 3.33. The van der Waals surface area contributed by atoms with Gasteiger partial charge in [-0.05, 0) is 38.9 Å². The predicted molar refractivity (Wildman–Crippen MR) is 67.5 cm³/mol. The van der Waals surface area contributed by atoms with Crippen LogP contribution in [0.4, 0.5) is 0 Å². The summed E-state index contributed by atoms with van der Waals surface area (Å²) in [6, 6.07) is 0.509. The number of piperidine rings is 1. The highest BCUT2D eigenvalue weighted by molar-refractivity contribution is 7.90. The van der Waals surface area contributed by atoms with Gasteiger partial charge in [0.25, 0.3) is 0 Å². The first kappa shape index (κ1) is 13.9. The van der Waals surface area contributed by atoms with E-state index in [-0.39, 0.29) is 5.75 Å². The number of likely N-dealkylation sites (tertiary alicyclic amines) is 1. The second-order valence-corrected chi connectivity index (χ2v) is 6.96. The Balaban J connectivity index is 2.13. The number of sulfone groups is 1. The first-order valence-electron chi connectivity index (χ1n) is 6.14. The lowest BCUT2D eigenvalue weighted by molar-refractivity contribution is 0.199. The molecule has 1 aliphatic rings. The molecule has 1 N–H and O–H groups in total. The molecule has 0 atom stereocenters. The SMILES string of the molecule is CCCN1CCC(NCCS(C)(=O)=O)CC1. The minimum Gasteiger partial charge on any atom is -0.313 e. The number of nitrogens with zero attached hydrogens (tertiary/aromatic N) is 1. The predicted octanol–water partition coefficient (Wildman–Crippen LogP) is 0.495. The minimum atomic E-state index is -2.82. The molecule has 1 saturated heterocycles. The van der Waals surface area contributed by atoms with Gasteiger partial charge in [-0.2, -0.15) is 0 Å². The van der Waals surface area contributed by atoms with E-state index >= 15 is 0 Å². The van der Waals surface area contributed by atoms with Gasteiger partial charge in [0.15, 0.2) is 0 Å². The topological polar surface area (TPSA) is 49.4 Å². The summed E-state index contributed by atoms with van der Waals surface area (Å²) in [7, 11) is -2.82. The Kier molecular flexibility index (Phi) is 5.72. The van der Waals surface area contributed by atoms with Crippen LogP contribution in [0.3, 0.4) is 0 Å². The van der Waals surface area contributed by atoms with Gasteiger partial charge in [0.2, 0.25) is 0 Å². The zero-order valence-corrected chi connectivity index (χ0v) is 11.2. The first-order valence-corrected chi connectivity index (χ1v) is 8.21. The number of hydrogen-bond acceptors (Lipinski definition) is 4. The lowest BCUT2D eigenvalue weighted by Gasteiger charge is -2.32. The third kappa shape index (κ3) is 5.82. The fourth-order valence-electron chi connectivity index (χ4n) is 2.13. The van der Waals surface area contributed by atoms with Gasteiger partial charge in [-0.1, -0.05) is 6.92 Å². The normalized spacial score (nSPS) is 20.1. The van der Waals surface area contributed by atoms with E-state index in [1.807, 2.05) is 0 Å². The average Bonchev–Trinajstić information content (AvgIpc) is 2.19. The maximum Gasteiger partial charge on any atom is 0.148 e. The number of nitrogens with one attached hydrogen (secondary N) is 1. The van der Waals surface area contributed by atoms with Gasteiger partial charge in [-0.3, -0.25) is 0 Å². The van der Waals surface area contributed by atoms with Crippen LogP contribution in [0.2, 0.25) is 0 Å². The van der Waals surface area contributed by atoms with E-state index in [2.05, 4.69) is 17.1 Å². The van der Waals surface area contributed by atoms with Crippen LogP contribution in [0.5, 0.6) is 0 Å². The molecule has 0 radical (unpaired) electrons. The third-order valence-corrected chi connectivity index (χ3v) is 3.98. The summed E-state index contributed by atoms with van der Waals surface area (Å²) in [4.78, 5) is 2.48. The van der Waals surface area contributed by atoms with Crippen molar-refractivity contribution in [1.29, 1.82) is 0 Å². The molecule has 0 saturated carbocycles. The quantitative estimate of drug-likeness (QED) is 0.743. The fourth-order valence-corrected chi connectivity index (χ4v) is 2.61. The van der Waals surface area contributed by atoms with Crippen molar-refractivity contribution in [2.45, 2.75) is 32.2 Å². The zero-order valence-electron chi connectivity index (χ0n) is 10.4. The maximum atomic E-state index is 11.0. The summed E-state index contributed by atoms with van der Waals surface area (Å²) < 4.78 is 21.9. The monoisotopic (exact) mass is 248 g/mol.